The highest BCUT2D eigenvalue weighted by molar-refractivity contribution is 5.89. The summed E-state index contributed by atoms with van der Waals surface area (Å²) in [4.78, 5) is 27.1. The fraction of sp³-hybridized carbons (Fsp3) is 0.397. The highest BCUT2D eigenvalue weighted by Gasteiger charge is 2.59. The summed E-state index contributed by atoms with van der Waals surface area (Å²) in [6.45, 7) is 4.92. The van der Waals surface area contributed by atoms with E-state index >= 15 is 0 Å². The van der Waals surface area contributed by atoms with Crippen LogP contribution in [0.3, 0.4) is 0 Å². The van der Waals surface area contributed by atoms with E-state index in [0.717, 1.165) is 22.3 Å². The highest BCUT2D eigenvalue weighted by Crippen LogP contribution is 2.41. The smallest absolute Gasteiger partial charge is 0.338 e. The molecular weight excluding hydrogens is 1030 g/mol. The molecule has 4 saturated heterocycles. The number of benzene rings is 6. The third-order valence-corrected chi connectivity index (χ3v) is 14.3. The van der Waals surface area contributed by atoms with E-state index in [2.05, 4.69) is 0 Å². The summed E-state index contributed by atoms with van der Waals surface area (Å²) in [6, 6.07) is 55.3. The van der Waals surface area contributed by atoms with Crippen LogP contribution in [0.5, 0.6) is 0 Å². The molecule has 0 bridgehead atoms. The minimum atomic E-state index is -1.67. The van der Waals surface area contributed by atoms with E-state index < -0.39 is 116 Å². The van der Waals surface area contributed by atoms with E-state index in [1.165, 1.54) is 0 Å². The second-order valence-electron chi connectivity index (χ2n) is 20.6. The zero-order valence-corrected chi connectivity index (χ0v) is 44.7. The predicted molar refractivity (Wildman–Crippen MR) is 287 cm³/mol. The van der Waals surface area contributed by atoms with Crippen molar-refractivity contribution in [2.24, 2.45) is 0 Å². The second kappa shape index (κ2) is 27.0. The maximum absolute atomic E-state index is 13.8. The zero-order valence-electron chi connectivity index (χ0n) is 44.7. The first-order chi connectivity index (χ1) is 39.0. The molecule has 2 N–H and O–H groups in total. The van der Waals surface area contributed by atoms with Crippen LogP contribution in [0, 0.1) is 0 Å². The SMILES string of the molecule is CC1O[C@@H](O[C@H]2C(O)C(OCc3ccccc3)O[C@H](COC(=O)c3ccccc3)[C@H]2OC2O[C@H](COC(=O)c3ccccc3)[C@@H]3OC(C)(C)O[C@@H]3C2O)[C@@H](OCc2ccccc2)[C@H](OCc2ccccc2)[C@@H]1OCc1ccccc1. The van der Waals surface area contributed by atoms with Crippen LogP contribution < -0.4 is 0 Å². The van der Waals surface area contributed by atoms with Gasteiger partial charge in [0.15, 0.2) is 24.7 Å². The first-order valence-corrected chi connectivity index (χ1v) is 27.0. The number of hydrogen-bond acceptors (Lipinski definition) is 17. The van der Waals surface area contributed by atoms with Crippen LogP contribution in [0.1, 0.15) is 63.7 Å². The Kier molecular flexibility index (Phi) is 19.2. The molecular formula is C63H68O17. The number of carbonyl (C=O) groups excluding carboxylic acids is 2. The molecule has 0 radical (unpaired) electrons. The molecule has 0 amide bonds. The first kappa shape index (κ1) is 57.0. The Hall–Kier alpha value is -6.26. The monoisotopic (exact) mass is 1100 g/mol. The summed E-state index contributed by atoms with van der Waals surface area (Å²) < 4.78 is 85.4. The van der Waals surface area contributed by atoms with Crippen LogP contribution in [0.4, 0.5) is 0 Å². The van der Waals surface area contributed by atoms with Gasteiger partial charge in [-0.3, -0.25) is 0 Å². The topological polar surface area (TPSA) is 195 Å². The molecule has 6 aromatic carbocycles. The maximum Gasteiger partial charge on any atom is 0.338 e. The fourth-order valence-electron chi connectivity index (χ4n) is 10.3. The number of esters is 2. The number of fused-ring (bicyclic) bond motifs is 1. The largest absolute Gasteiger partial charge is 0.459 e. The molecule has 5 unspecified atom stereocenters. The van der Waals surface area contributed by atoms with Gasteiger partial charge in [-0.25, -0.2) is 9.59 Å². The van der Waals surface area contributed by atoms with Gasteiger partial charge in [0.1, 0.15) is 80.4 Å². The number of aliphatic hydroxyl groups is 2. The third-order valence-electron chi connectivity index (χ3n) is 14.3. The van der Waals surface area contributed by atoms with Gasteiger partial charge in [0.2, 0.25) is 0 Å². The van der Waals surface area contributed by atoms with Crippen molar-refractivity contribution in [1.29, 1.82) is 0 Å². The van der Waals surface area contributed by atoms with E-state index in [1.54, 1.807) is 74.5 Å². The minimum Gasteiger partial charge on any atom is -0.459 e. The Balaban J connectivity index is 1.02. The molecule has 4 aliphatic heterocycles. The highest BCUT2D eigenvalue weighted by atomic mass is 16.8. The number of carbonyl (C=O) groups is 2. The van der Waals surface area contributed by atoms with Crippen molar-refractivity contribution in [3.63, 3.8) is 0 Å². The van der Waals surface area contributed by atoms with Crippen molar-refractivity contribution >= 4 is 11.9 Å². The van der Waals surface area contributed by atoms with Crippen LogP contribution in [-0.4, -0.2) is 133 Å². The van der Waals surface area contributed by atoms with Crippen LogP contribution in [0.15, 0.2) is 182 Å². The normalized spacial score (nSPS) is 30.0. The minimum absolute atomic E-state index is 0.00301. The van der Waals surface area contributed by atoms with E-state index in [-0.39, 0.29) is 38.6 Å². The van der Waals surface area contributed by atoms with Crippen molar-refractivity contribution < 1.29 is 81.4 Å². The molecule has 17 nitrogen and oxygen atoms in total. The molecule has 0 spiro atoms. The van der Waals surface area contributed by atoms with Gasteiger partial charge in [-0.15, -0.1) is 0 Å². The van der Waals surface area contributed by atoms with Gasteiger partial charge in [-0.2, -0.15) is 0 Å². The molecule has 15 atom stereocenters. The van der Waals surface area contributed by atoms with E-state index in [1.807, 2.05) is 128 Å². The summed E-state index contributed by atoms with van der Waals surface area (Å²) in [7, 11) is 0. The Bertz CT molecular complexity index is 2830. The second-order valence-corrected chi connectivity index (χ2v) is 20.6. The molecule has 422 valence electrons. The lowest BCUT2D eigenvalue weighted by atomic mass is 9.95. The molecule has 80 heavy (non-hydrogen) atoms. The van der Waals surface area contributed by atoms with Crippen LogP contribution >= 0.6 is 0 Å². The van der Waals surface area contributed by atoms with E-state index in [9.17, 15) is 19.8 Å². The van der Waals surface area contributed by atoms with Crippen molar-refractivity contribution in [2.45, 2.75) is 145 Å². The van der Waals surface area contributed by atoms with Gasteiger partial charge in [0.05, 0.1) is 43.7 Å². The van der Waals surface area contributed by atoms with Crippen LogP contribution in [-0.2, 0) is 88.0 Å². The Morgan fingerprint density at radius 2 is 0.825 bits per heavy atom. The first-order valence-electron chi connectivity index (χ1n) is 27.0. The van der Waals surface area contributed by atoms with Crippen molar-refractivity contribution in [3.05, 3.63) is 215 Å². The van der Waals surface area contributed by atoms with Gasteiger partial charge in [0.25, 0.3) is 0 Å². The Labute approximate surface area is 465 Å². The van der Waals surface area contributed by atoms with Gasteiger partial charge in [-0.05, 0) is 67.3 Å². The van der Waals surface area contributed by atoms with Gasteiger partial charge < -0.3 is 71.8 Å². The zero-order chi connectivity index (χ0) is 55.4. The van der Waals surface area contributed by atoms with Crippen molar-refractivity contribution in [1.82, 2.24) is 0 Å². The Morgan fingerprint density at radius 3 is 1.32 bits per heavy atom. The van der Waals surface area contributed by atoms with Gasteiger partial charge in [-0.1, -0.05) is 158 Å². The molecule has 0 aromatic heterocycles. The maximum atomic E-state index is 13.8. The van der Waals surface area contributed by atoms with E-state index in [4.69, 9.17) is 61.6 Å². The summed E-state index contributed by atoms with van der Waals surface area (Å²) in [5, 5.41) is 25.1. The number of ether oxygens (including phenoxy) is 13. The molecule has 4 aliphatic rings. The third kappa shape index (κ3) is 14.4. The Morgan fingerprint density at radius 1 is 0.425 bits per heavy atom. The molecule has 4 fully saturated rings. The standard InChI is InChI=1S/C63H68O17/c1-40-51(68-34-41-22-10-4-11-23-41)56(69-35-42-24-12-5-13-25-42)57(70-36-43-26-14-6-15-27-43)62(74-40)78-54-49(64)60(73-37-44-28-16-7-17-29-44)75-47(38-71-58(66)45-30-18-8-19-31-45)52(54)77-61-50(65)55-53(79-63(2,3)80-55)48(76-61)39-72-59(67)46-32-20-9-21-33-46/h4-33,40,47-57,60-62,64-65H,34-39H2,1-3H3/t40?,47-,48-,49?,50?,51-,52-,53+,54+,55-,56-,57+,60?,61?,62+/m1/s1. The molecule has 6 aromatic rings. The molecule has 0 saturated carbocycles. The van der Waals surface area contributed by atoms with Crippen molar-refractivity contribution in [3.8, 4) is 0 Å². The summed E-state index contributed by atoms with van der Waals surface area (Å²) in [5.41, 5.74) is 4.04. The summed E-state index contributed by atoms with van der Waals surface area (Å²) in [6.07, 6.45) is -18.2. The predicted octanol–water partition coefficient (Wildman–Crippen LogP) is 7.88. The molecule has 10 rings (SSSR count). The quantitative estimate of drug-likeness (QED) is 0.0623. The number of aliphatic hydroxyl groups excluding tert-OH is 2. The average Bonchev–Trinajstić information content (AvgIpc) is 3.93. The molecule has 17 heteroatoms. The number of rotatable bonds is 22. The molecule has 0 aliphatic carbocycles. The average molecular weight is 1100 g/mol. The fourth-order valence-corrected chi connectivity index (χ4v) is 10.3. The van der Waals surface area contributed by atoms with Crippen LogP contribution in [0.25, 0.3) is 0 Å². The van der Waals surface area contributed by atoms with Gasteiger partial charge in [0, 0.05) is 0 Å². The van der Waals surface area contributed by atoms with Gasteiger partial charge >= 0.3 is 11.9 Å². The molecule has 4 heterocycles. The lowest BCUT2D eigenvalue weighted by Gasteiger charge is -2.50. The lowest BCUT2D eigenvalue weighted by Crippen LogP contribution is -2.67. The van der Waals surface area contributed by atoms with Crippen LogP contribution in [0.2, 0.25) is 0 Å². The number of hydrogen-bond donors (Lipinski definition) is 2. The van der Waals surface area contributed by atoms with E-state index in [0.29, 0.717) is 5.56 Å². The summed E-state index contributed by atoms with van der Waals surface area (Å²) in [5.74, 6) is -2.49. The lowest BCUT2D eigenvalue weighted by molar-refractivity contribution is -0.388. The summed E-state index contributed by atoms with van der Waals surface area (Å²) >= 11 is 0. The van der Waals surface area contributed by atoms with Crippen molar-refractivity contribution in [2.75, 3.05) is 13.2 Å².